The molecule has 1 amide bonds. The average molecular weight is 357 g/mol. The van der Waals surface area contributed by atoms with Crippen LogP contribution in [0.4, 0.5) is 0 Å². The van der Waals surface area contributed by atoms with Crippen molar-refractivity contribution in [3.63, 3.8) is 0 Å². The molecule has 0 aromatic rings. The zero-order valence-electron chi connectivity index (χ0n) is 14.1. The molecule has 7 heteroatoms. The third-order valence-corrected chi connectivity index (χ3v) is 4.13. The Labute approximate surface area is 145 Å². The van der Waals surface area contributed by atoms with Gasteiger partial charge in [-0.1, -0.05) is 19.8 Å². The summed E-state index contributed by atoms with van der Waals surface area (Å²) in [6.07, 6.45) is 6.47. The third kappa shape index (κ3) is 9.62. The molecule has 2 saturated carbocycles. The molecule has 1 N–H and O–H groups in total. The summed E-state index contributed by atoms with van der Waals surface area (Å²) in [5.41, 5.74) is 0. The van der Waals surface area contributed by atoms with Crippen LogP contribution in [0, 0.1) is 11.8 Å². The minimum absolute atomic E-state index is 0. The molecule has 0 spiro atoms. The quantitative estimate of drug-likeness (QED) is 0.621. The second-order valence-electron chi connectivity index (χ2n) is 5.29. The van der Waals surface area contributed by atoms with E-state index in [1.54, 1.807) is 7.05 Å². The molecule has 0 aromatic heterocycles. The first-order valence-electron chi connectivity index (χ1n) is 7.63. The van der Waals surface area contributed by atoms with Crippen molar-refractivity contribution in [3.05, 3.63) is 0 Å². The summed E-state index contributed by atoms with van der Waals surface area (Å²) in [4.78, 5) is 26.1. The van der Waals surface area contributed by atoms with Crippen LogP contribution < -0.4 is 5.32 Å². The molecule has 2 aliphatic carbocycles. The molecule has 132 valence electrons. The number of nitrogens with one attached hydrogen (secondary N) is 1. The lowest BCUT2D eigenvalue weighted by molar-refractivity contribution is -0.176. The molecule has 0 aromatic carbocycles. The molecule has 0 aliphatic heterocycles. The first kappa shape index (κ1) is 23.9. The van der Waals surface area contributed by atoms with E-state index in [0.29, 0.717) is 0 Å². The number of rotatable bonds is 4. The highest BCUT2D eigenvalue weighted by Crippen LogP contribution is 2.28. The molecular formula is C15H30Cl2N2O3. The number of hydrogen-bond acceptors (Lipinski definition) is 4. The number of carbonyl (C=O) groups is 2. The van der Waals surface area contributed by atoms with Crippen LogP contribution in [-0.2, 0) is 14.4 Å². The Morgan fingerprint density at radius 1 is 1.18 bits per heavy atom. The molecule has 0 radical (unpaired) electrons. The van der Waals surface area contributed by atoms with Gasteiger partial charge in [0.25, 0.3) is 0 Å². The van der Waals surface area contributed by atoms with Crippen LogP contribution in [0.5, 0.6) is 0 Å². The second kappa shape index (κ2) is 14.2. The maximum absolute atomic E-state index is 11.2. The van der Waals surface area contributed by atoms with E-state index in [0.717, 1.165) is 32.2 Å². The molecule has 2 rings (SSSR count). The van der Waals surface area contributed by atoms with E-state index >= 15 is 0 Å². The van der Waals surface area contributed by atoms with Crippen molar-refractivity contribution < 1.29 is 14.4 Å². The summed E-state index contributed by atoms with van der Waals surface area (Å²) in [5.74, 6) is 0.570. The van der Waals surface area contributed by atoms with Gasteiger partial charge in [0.15, 0.2) is 0 Å². The first-order valence-corrected chi connectivity index (χ1v) is 8.01. The Kier molecular flexibility index (Phi) is 15.5. The van der Waals surface area contributed by atoms with E-state index in [1.165, 1.54) is 25.0 Å². The minimum Gasteiger partial charge on any atom is -0.320 e. The fourth-order valence-corrected chi connectivity index (χ4v) is 1.86. The van der Waals surface area contributed by atoms with Gasteiger partial charge in [-0.25, -0.2) is 5.06 Å². The molecule has 22 heavy (non-hydrogen) atoms. The second-order valence-corrected chi connectivity index (χ2v) is 5.66. The lowest BCUT2D eigenvalue weighted by Crippen LogP contribution is -2.35. The highest BCUT2D eigenvalue weighted by atomic mass is 35.5. The first-order chi connectivity index (χ1) is 9.97. The van der Waals surface area contributed by atoms with Gasteiger partial charge in [-0.15, -0.1) is 12.4 Å². The van der Waals surface area contributed by atoms with Gasteiger partial charge in [-0.2, -0.15) is 0 Å². The number of nitrogens with zero attached hydrogens (tertiary/aromatic N) is 1. The van der Waals surface area contributed by atoms with E-state index in [4.69, 9.17) is 16.4 Å². The van der Waals surface area contributed by atoms with E-state index in [1.807, 2.05) is 7.05 Å². The summed E-state index contributed by atoms with van der Waals surface area (Å²) >= 11 is 5.14. The Bertz CT molecular complexity index is 300. The van der Waals surface area contributed by atoms with Crippen molar-refractivity contribution in [3.8, 4) is 0 Å². The van der Waals surface area contributed by atoms with Crippen LogP contribution in [0.1, 0.15) is 45.4 Å². The van der Waals surface area contributed by atoms with Gasteiger partial charge in [0, 0.05) is 18.9 Å². The van der Waals surface area contributed by atoms with Gasteiger partial charge in [-0.3, -0.25) is 14.4 Å². The third-order valence-electron chi connectivity index (χ3n) is 3.82. The molecule has 0 unspecified atom stereocenters. The zero-order valence-corrected chi connectivity index (χ0v) is 15.6. The van der Waals surface area contributed by atoms with E-state index in [2.05, 4.69) is 12.2 Å². The van der Waals surface area contributed by atoms with Crippen LogP contribution in [0.2, 0.25) is 0 Å². The van der Waals surface area contributed by atoms with Gasteiger partial charge in [-0.05, 0) is 50.9 Å². The topological polar surface area (TPSA) is 58.6 Å². The van der Waals surface area contributed by atoms with Crippen molar-refractivity contribution in [2.24, 2.45) is 11.8 Å². The number of hydrogen-bond donors (Lipinski definition) is 1. The predicted octanol–water partition coefficient (Wildman–Crippen LogP) is 3.01. The molecular weight excluding hydrogens is 327 g/mol. The fourth-order valence-electron chi connectivity index (χ4n) is 1.64. The largest absolute Gasteiger partial charge is 0.320 e. The standard InChI is InChI=1S/C7H13NO2.C5H7ClO.C3H9N.ClH/c1-8(10-2)7(9)6-4-3-5-6;6-5(7)4-2-1-3-4;1-3-4-2;/h6H,3-5H2,1-2H3;4H,1-3H2;4H,3H2,1-2H3;1H. The monoisotopic (exact) mass is 356 g/mol. The van der Waals surface area contributed by atoms with Crippen LogP contribution in [-0.4, -0.2) is 44.0 Å². The van der Waals surface area contributed by atoms with Gasteiger partial charge in [0.05, 0.1) is 7.11 Å². The number of carbonyl (C=O) groups excluding carboxylic acids is 2. The summed E-state index contributed by atoms with van der Waals surface area (Å²) in [6, 6.07) is 0. The summed E-state index contributed by atoms with van der Waals surface area (Å²) in [5, 5.41) is 4.09. The number of hydroxylamine groups is 2. The Morgan fingerprint density at radius 3 is 1.73 bits per heavy atom. The molecule has 0 saturated heterocycles. The van der Waals surface area contributed by atoms with E-state index in [9.17, 15) is 9.59 Å². The lowest BCUT2D eigenvalue weighted by Gasteiger charge is -2.27. The molecule has 5 nitrogen and oxygen atoms in total. The highest BCUT2D eigenvalue weighted by Gasteiger charge is 2.27. The predicted molar refractivity (Wildman–Crippen MR) is 92.2 cm³/mol. The van der Waals surface area contributed by atoms with Crippen LogP contribution in [0.3, 0.4) is 0 Å². The van der Waals surface area contributed by atoms with Gasteiger partial charge >= 0.3 is 0 Å². The summed E-state index contributed by atoms with van der Waals surface area (Å²) in [7, 11) is 5.09. The SMILES string of the molecule is CCNC.CON(C)C(=O)C1CCC1.Cl.O=C(Cl)C1CCC1. The van der Waals surface area contributed by atoms with Gasteiger partial charge in [0.2, 0.25) is 11.1 Å². The number of halogens is 2. The molecule has 0 heterocycles. The molecule has 0 bridgehead atoms. The molecule has 2 aliphatic rings. The van der Waals surface area contributed by atoms with Gasteiger partial charge < -0.3 is 5.32 Å². The zero-order chi connectivity index (χ0) is 16.3. The maximum atomic E-state index is 11.2. The molecule has 0 atom stereocenters. The Hall–Kier alpha value is -0.360. The highest BCUT2D eigenvalue weighted by molar-refractivity contribution is 6.64. The smallest absolute Gasteiger partial charge is 0.248 e. The van der Waals surface area contributed by atoms with Crippen LogP contribution in [0.15, 0.2) is 0 Å². The summed E-state index contributed by atoms with van der Waals surface area (Å²) < 4.78 is 0. The van der Waals surface area contributed by atoms with Crippen LogP contribution >= 0.6 is 24.0 Å². The van der Waals surface area contributed by atoms with Crippen molar-refractivity contribution in [2.75, 3.05) is 27.7 Å². The normalized spacial score (nSPS) is 16.4. The van der Waals surface area contributed by atoms with Crippen LogP contribution in [0.25, 0.3) is 0 Å². The maximum Gasteiger partial charge on any atom is 0.248 e. The lowest BCUT2D eigenvalue weighted by atomic mass is 9.85. The van der Waals surface area contributed by atoms with Crippen molar-refractivity contribution in [1.82, 2.24) is 10.4 Å². The van der Waals surface area contributed by atoms with Crippen molar-refractivity contribution in [1.29, 1.82) is 0 Å². The summed E-state index contributed by atoms with van der Waals surface area (Å²) in [6.45, 7) is 3.14. The Morgan fingerprint density at radius 2 is 1.59 bits per heavy atom. The van der Waals surface area contributed by atoms with Crippen molar-refractivity contribution in [2.45, 2.75) is 45.4 Å². The molecule has 2 fully saturated rings. The number of amides is 1. The average Bonchev–Trinajstić information content (AvgIpc) is 2.34. The van der Waals surface area contributed by atoms with E-state index in [-0.39, 0.29) is 35.4 Å². The van der Waals surface area contributed by atoms with Gasteiger partial charge in [0.1, 0.15) is 0 Å². The van der Waals surface area contributed by atoms with E-state index < -0.39 is 0 Å². The minimum atomic E-state index is -0.147. The fraction of sp³-hybridized carbons (Fsp3) is 0.867. The Balaban J connectivity index is 0. The van der Waals surface area contributed by atoms with Crippen molar-refractivity contribution >= 4 is 35.2 Å².